The topological polar surface area (TPSA) is 32.3 Å². The Balaban J connectivity index is 2.28. The van der Waals surface area contributed by atoms with E-state index in [1.807, 2.05) is 14.0 Å². The minimum Gasteiger partial charge on any atom is -0.345 e. The first-order valence-electron chi connectivity index (χ1n) is 5.11. The van der Waals surface area contributed by atoms with E-state index in [2.05, 4.69) is 23.0 Å². The number of thiophene rings is 1. The van der Waals surface area contributed by atoms with Gasteiger partial charge in [-0.15, -0.1) is 0 Å². The van der Waals surface area contributed by atoms with E-state index in [1.54, 1.807) is 16.2 Å². The van der Waals surface area contributed by atoms with Crippen LogP contribution in [-0.4, -0.2) is 30.9 Å². The molecule has 0 atom stereocenters. The Morgan fingerprint density at radius 1 is 1.53 bits per heavy atom. The molecule has 0 spiro atoms. The molecule has 0 fully saturated rings. The molecule has 1 rings (SSSR count). The lowest BCUT2D eigenvalue weighted by Gasteiger charge is -2.14. The Morgan fingerprint density at radius 2 is 2.27 bits per heavy atom. The van der Waals surface area contributed by atoms with Crippen molar-refractivity contribution in [2.45, 2.75) is 20.4 Å². The van der Waals surface area contributed by atoms with Crippen molar-refractivity contribution in [3.8, 4) is 0 Å². The van der Waals surface area contributed by atoms with Crippen molar-refractivity contribution in [1.29, 1.82) is 0 Å². The van der Waals surface area contributed by atoms with Crippen LogP contribution in [0.5, 0.6) is 0 Å². The highest BCUT2D eigenvalue weighted by Crippen LogP contribution is 2.12. The molecule has 1 aromatic heterocycles. The highest BCUT2D eigenvalue weighted by molar-refractivity contribution is 7.08. The van der Waals surface area contributed by atoms with Gasteiger partial charge in [-0.2, -0.15) is 11.3 Å². The molecule has 1 amide bonds. The third kappa shape index (κ3) is 3.64. The van der Waals surface area contributed by atoms with Gasteiger partial charge < -0.3 is 10.2 Å². The number of carbonyl (C=O) groups excluding carboxylic acids is 1. The summed E-state index contributed by atoms with van der Waals surface area (Å²) in [5.41, 5.74) is 2.58. The summed E-state index contributed by atoms with van der Waals surface area (Å²) in [4.78, 5) is 13.2. The van der Waals surface area contributed by atoms with Crippen LogP contribution >= 0.6 is 11.3 Å². The molecule has 1 N–H and O–H groups in total. The van der Waals surface area contributed by atoms with Crippen molar-refractivity contribution in [2.24, 2.45) is 0 Å². The van der Waals surface area contributed by atoms with E-state index in [1.165, 1.54) is 11.1 Å². The zero-order valence-corrected chi connectivity index (χ0v) is 10.4. The van der Waals surface area contributed by atoms with E-state index in [4.69, 9.17) is 0 Å². The number of rotatable bonds is 5. The van der Waals surface area contributed by atoms with Crippen LogP contribution in [0.4, 0.5) is 0 Å². The number of amides is 1. The lowest BCUT2D eigenvalue weighted by Crippen LogP contribution is -2.35. The van der Waals surface area contributed by atoms with E-state index in [0.717, 1.165) is 13.1 Å². The molecule has 0 saturated carbocycles. The van der Waals surface area contributed by atoms with Gasteiger partial charge in [-0.3, -0.25) is 4.79 Å². The number of carbonyl (C=O) groups is 1. The van der Waals surface area contributed by atoms with Gasteiger partial charge in [0.05, 0.1) is 6.54 Å². The maximum atomic E-state index is 11.5. The van der Waals surface area contributed by atoms with E-state index in [-0.39, 0.29) is 5.91 Å². The molecule has 1 heterocycles. The van der Waals surface area contributed by atoms with Crippen LogP contribution < -0.4 is 5.32 Å². The van der Waals surface area contributed by atoms with Crippen molar-refractivity contribution in [3.63, 3.8) is 0 Å². The minimum absolute atomic E-state index is 0.144. The Labute approximate surface area is 95.1 Å². The lowest BCUT2D eigenvalue weighted by molar-refractivity contribution is -0.128. The molecule has 84 valence electrons. The number of hydrogen-bond acceptors (Lipinski definition) is 3. The summed E-state index contributed by atoms with van der Waals surface area (Å²) >= 11 is 1.70. The van der Waals surface area contributed by atoms with E-state index in [9.17, 15) is 4.79 Å². The zero-order valence-electron chi connectivity index (χ0n) is 9.54. The Bertz CT molecular complexity index is 322. The Hall–Kier alpha value is -0.870. The molecule has 0 radical (unpaired) electrons. The number of likely N-dealkylation sites (N-methyl/N-ethyl adjacent to an activating group) is 1. The first kappa shape index (κ1) is 12.2. The minimum atomic E-state index is 0.144. The predicted octanol–water partition coefficient (Wildman–Crippen LogP) is 1.62. The average Bonchev–Trinajstić information content (AvgIpc) is 2.63. The van der Waals surface area contributed by atoms with Gasteiger partial charge in [-0.1, -0.05) is 0 Å². The molecule has 0 aliphatic rings. The summed E-state index contributed by atoms with van der Waals surface area (Å²) in [6, 6.07) is 0. The van der Waals surface area contributed by atoms with Gasteiger partial charge in [0, 0.05) is 20.1 Å². The fourth-order valence-corrected chi connectivity index (χ4v) is 2.04. The smallest absolute Gasteiger partial charge is 0.236 e. The maximum Gasteiger partial charge on any atom is 0.236 e. The van der Waals surface area contributed by atoms with Crippen LogP contribution in [0, 0.1) is 6.92 Å². The molecular weight excluding hydrogens is 208 g/mol. The molecule has 0 aliphatic carbocycles. The molecule has 0 saturated heterocycles. The average molecular weight is 226 g/mol. The molecular formula is C11H18N2OS. The second kappa shape index (κ2) is 5.88. The molecule has 3 nitrogen and oxygen atoms in total. The maximum absolute atomic E-state index is 11.5. The normalized spacial score (nSPS) is 10.3. The first-order valence-corrected chi connectivity index (χ1v) is 6.05. The lowest BCUT2D eigenvalue weighted by atomic mass is 10.2. The molecule has 4 heteroatoms. The zero-order chi connectivity index (χ0) is 11.3. The van der Waals surface area contributed by atoms with Crippen LogP contribution in [0.3, 0.4) is 0 Å². The molecule has 15 heavy (non-hydrogen) atoms. The van der Waals surface area contributed by atoms with Gasteiger partial charge in [0.15, 0.2) is 0 Å². The second-order valence-electron chi connectivity index (χ2n) is 3.59. The third-order valence-electron chi connectivity index (χ3n) is 2.45. The van der Waals surface area contributed by atoms with E-state index < -0.39 is 0 Å². The first-order chi connectivity index (χ1) is 7.15. The van der Waals surface area contributed by atoms with Crippen LogP contribution in [0.1, 0.15) is 18.1 Å². The molecule has 0 aliphatic heterocycles. The second-order valence-corrected chi connectivity index (χ2v) is 4.34. The summed E-state index contributed by atoms with van der Waals surface area (Å²) in [6.07, 6.45) is 0. The van der Waals surface area contributed by atoms with Crippen LogP contribution in [0.2, 0.25) is 0 Å². The summed E-state index contributed by atoms with van der Waals surface area (Å²) in [7, 11) is 1.82. The summed E-state index contributed by atoms with van der Waals surface area (Å²) in [5.74, 6) is 0.144. The fraction of sp³-hybridized carbons (Fsp3) is 0.545. The van der Waals surface area contributed by atoms with Crippen LogP contribution in [-0.2, 0) is 11.3 Å². The monoisotopic (exact) mass is 226 g/mol. The van der Waals surface area contributed by atoms with Crippen molar-refractivity contribution in [2.75, 3.05) is 20.1 Å². The van der Waals surface area contributed by atoms with Gasteiger partial charge >= 0.3 is 0 Å². The van der Waals surface area contributed by atoms with Crippen LogP contribution in [0.25, 0.3) is 0 Å². The number of aryl methyl sites for hydroxylation is 1. The Morgan fingerprint density at radius 3 is 2.80 bits per heavy atom. The molecule has 0 bridgehead atoms. The number of hydrogen-bond donors (Lipinski definition) is 1. The van der Waals surface area contributed by atoms with Crippen molar-refractivity contribution >= 4 is 17.2 Å². The molecule has 1 aromatic rings. The molecule has 0 unspecified atom stereocenters. The highest BCUT2D eigenvalue weighted by atomic mass is 32.1. The SMILES string of the molecule is CCN(C)C(=O)CNCc1cscc1C. The molecule has 0 aromatic carbocycles. The van der Waals surface area contributed by atoms with Gasteiger partial charge in [0.2, 0.25) is 5.91 Å². The summed E-state index contributed by atoms with van der Waals surface area (Å²) < 4.78 is 0. The van der Waals surface area contributed by atoms with Gasteiger partial charge in [-0.05, 0) is 35.7 Å². The third-order valence-corrected chi connectivity index (χ3v) is 3.36. The van der Waals surface area contributed by atoms with E-state index in [0.29, 0.717) is 6.54 Å². The largest absolute Gasteiger partial charge is 0.345 e. The number of nitrogens with zero attached hydrogens (tertiary/aromatic N) is 1. The highest BCUT2D eigenvalue weighted by Gasteiger charge is 2.05. The standard InChI is InChI=1S/C11H18N2OS/c1-4-13(3)11(14)6-12-5-10-8-15-7-9(10)2/h7-8,12H,4-6H2,1-3H3. The van der Waals surface area contributed by atoms with Crippen molar-refractivity contribution < 1.29 is 4.79 Å². The summed E-state index contributed by atoms with van der Waals surface area (Å²) in [5, 5.41) is 7.40. The van der Waals surface area contributed by atoms with Gasteiger partial charge in [0.25, 0.3) is 0 Å². The number of nitrogens with one attached hydrogen (secondary N) is 1. The van der Waals surface area contributed by atoms with Crippen molar-refractivity contribution in [3.05, 3.63) is 21.9 Å². The fourth-order valence-electron chi connectivity index (χ4n) is 1.18. The quantitative estimate of drug-likeness (QED) is 0.827. The van der Waals surface area contributed by atoms with E-state index >= 15 is 0 Å². The van der Waals surface area contributed by atoms with Gasteiger partial charge in [0.1, 0.15) is 0 Å². The predicted molar refractivity (Wildman–Crippen MR) is 64.1 cm³/mol. The Kier molecular flexibility index (Phi) is 4.78. The van der Waals surface area contributed by atoms with Gasteiger partial charge in [-0.25, -0.2) is 0 Å². The van der Waals surface area contributed by atoms with Crippen LogP contribution in [0.15, 0.2) is 10.8 Å². The summed E-state index contributed by atoms with van der Waals surface area (Å²) in [6.45, 7) is 6.02. The van der Waals surface area contributed by atoms with Crippen molar-refractivity contribution in [1.82, 2.24) is 10.2 Å².